The summed E-state index contributed by atoms with van der Waals surface area (Å²) in [6.07, 6.45) is 6.27. The zero-order valence-electron chi connectivity index (χ0n) is 12.0. The molecule has 3 aromatic heterocycles. The molecular formula is C14H12ClIN6O. The van der Waals surface area contributed by atoms with Crippen LogP contribution in [-0.4, -0.2) is 36.1 Å². The Morgan fingerprint density at radius 1 is 1.17 bits per heavy atom. The second-order valence-corrected chi connectivity index (χ2v) is 6.48. The van der Waals surface area contributed by atoms with E-state index >= 15 is 0 Å². The number of rotatable bonds is 2. The molecule has 118 valence electrons. The molecule has 1 unspecified atom stereocenters. The third-order valence-corrected chi connectivity index (χ3v) is 4.43. The van der Waals surface area contributed by atoms with Crippen LogP contribution < -0.4 is 0 Å². The quantitative estimate of drug-likeness (QED) is 0.344. The number of halogens is 2. The molecule has 0 bridgehead atoms. The Morgan fingerprint density at radius 2 is 2.00 bits per heavy atom. The van der Waals surface area contributed by atoms with Gasteiger partial charge in [-0.15, -0.1) is 0 Å². The Hall–Kier alpha value is -1.39. The van der Waals surface area contributed by atoms with E-state index in [1.807, 2.05) is 27.2 Å². The third-order valence-electron chi connectivity index (χ3n) is 3.68. The Morgan fingerprint density at radius 3 is 2.74 bits per heavy atom. The molecule has 1 aliphatic rings. The van der Waals surface area contributed by atoms with Crippen LogP contribution in [0.15, 0.2) is 18.5 Å². The Kier molecular flexibility index (Phi) is 4.12. The lowest BCUT2D eigenvalue weighted by Crippen LogP contribution is -2.19. The van der Waals surface area contributed by atoms with E-state index < -0.39 is 0 Å². The molecule has 4 heterocycles. The summed E-state index contributed by atoms with van der Waals surface area (Å²) in [7, 11) is 0. The smallest absolute Gasteiger partial charge is 0.196 e. The molecule has 1 atom stereocenters. The van der Waals surface area contributed by atoms with Gasteiger partial charge in [0, 0.05) is 41.6 Å². The van der Waals surface area contributed by atoms with Crippen LogP contribution in [0.4, 0.5) is 0 Å². The van der Waals surface area contributed by atoms with Crippen molar-refractivity contribution in [1.29, 1.82) is 0 Å². The molecule has 0 saturated carbocycles. The molecule has 0 spiro atoms. The monoisotopic (exact) mass is 442 g/mol. The van der Waals surface area contributed by atoms with Crippen molar-refractivity contribution in [1.82, 2.24) is 29.5 Å². The summed E-state index contributed by atoms with van der Waals surface area (Å²) < 4.78 is 8.45. The molecular weight excluding hydrogens is 431 g/mol. The highest BCUT2D eigenvalue weighted by Gasteiger charge is 2.26. The molecule has 1 aliphatic heterocycles. The maximum absolute atomic E-state index is 6.26. The molecule has 9 heteroatoms. The van der Waals surface area contributed by atoms with Crippen LogP contribution in [0, 0.1) is 3.83 Å². The van der Waals surface area contributed by atoms with Gasteiger partial charge in [-0.25, -0.2) is 24.9 Å². The van der Waals surface area contributed by atoms with Gasteiger partial charge in [0.2, 0.25) is 0 Å². The lowest BCUT2D eigenvalue weighted by Gasteiger charge is -2.25. The fourth-order valence-corrected chi connectivity index (χ4v) is 3.51. The first-order valence-electron chi connectivity index (χ1n) is 7.24. The van der Waals surface area contributed by atoms with Gasteiger partial charge < -0.3 is 4.74 Å². The molecule has 0 aromatic carbocycles. The Bertz CT molecular complexity index is 849. The van der Waals surface area contributed by atoms with Crippen LogP contribution in [0.1, 0.15) is 25.5 Å². The highest BCUT2D eigenvalue weighted by Crippen LogP contribution is 2.33. The molecule has 0 aliphatic carbocycles. The van der Waals surface area contributed by atoms with Crippen LogP contribution >= 0.6 is 34.2 Å². The van der Waals surface area contributed by atoms with Crippen molar-refractivity contribution in [3.05, 3.63) is 27.4 Å². The van der Waals surface area contributed by atoms with Crippen LogP contribution in [-0.2, 0) is 4.74 Å². The number of ether oxygens (including phenoxy) is 1. The second kappa shape index (κ2) is 6.25. The van der Waals surface area contributed by atoms with Gasteiger partial charge in [-0.05, 0) is 25.3 Å². The van der Waals surface area contributed by atoms with Crippen molar-refractivity contribution in [2.24, 2.45) is 0 Å². The van der Waals surface area contributed by atoms with Crippen molar-refractivity contribution >= 4 is 45.4 Å². The van der Waals surface area contributed by atoms with E-state index in [-0.39, 0.29) is 6.23 Å². The minimum absolute atomic E-state index is 0.144. The summed E-state index contributed by atoms with van der Waals surface area (Å²) in [6.45, 7) is 0.718. The van der Waals surface area contributed by atoms with Gasteiger partial charge in [-0.3, -0.25) is 4.57 Å². The topological polar surface area (TPSA) is 78.6 Å². The summed E-state index contributed by atoms with van der Waals surface area (Å²) >= 11 is 8.31. The fraction of sp³-hybridized carbons (Fsp3) is 0.357. The van der Waals surface area contributed by atoms with Crippen molar-refractivity contribution in [2.45, 2.75) is 25.5 Å². The number of nitrogens with zero attached hydrogens (tertiary/aromatic N) is 6. The van der Waals surface area contributed by atoms with Crippen molar-refractivity contribution in [3.8, 4) is 11.6 Å². The minimum atomic E-state index is -0.144. The molecule has 3 aromatic rings. The lowest BCUT2D eigenvalue weighted by molar-refractivity contribution is -0.0288. The van der Waals surface area contributed by atoms with Gasteiger partial charge in [0.15, 0.2) is 26.3 Å². The molecule has 1 saturated heterocycles. The molecule has 0 radical (unpaired) electrons. The van der Waals surface area contributed by atoms with Gasteiger partial charge in [0.25, 0.3) is 0 Å². The Balaban J connectivity index is 1.98. The van der Waals surface area contributed by atoms with E-state index in [9.17, 15) is 0 Å². The number of aromatic nitrogens is 6. The zero-order valence-corrected chi connectivity index (χ0v) is 14.9. The van der Waals surface area contributed by atoms with Crippen LogP contribution in [0.3, 0.4) is 0 Å². The van der Waals surface area contributed by atoms with Gasteiger partial charge in [-0.2, -0.15) is 0 Å². The van der Waals surface area contributed by atoms with E-state index in [1.165, 1.54) is 0 Å². The average Bonchev–Trinajstić information content (AvgIpc) is 2.96. The highest BCUT2D eigenvalue weighted by atomic mass is 127. The summed E-state index contributed by atoms with van der Waals surface area (Å²) in [5.74, 6) is 1.12. The van der Waals surface area contributed by atoms with E-state index in [1.54, 1.807) is 18.5 Å². The fourth-order valence-electron chi connectivity index (χ4n) is 2.69. The highest BCUT2D eigenvalue weighted by molar-refractivity contribution is 14.1. The van der Waals surface area contributed by atoms with Crippen molar-refractivity contribution in [3.63, 3.8) is 0 Å². The first-order valence-corrected chi connectivity index (χ1v) is 8.69. The number of fused-ring (bicyclic) bond motifs is 1. The van der Waals surface area contributed by atoms with E-state index in [2.05, 4.69) is 24.9 Å². The molecule has 23 heavy (non-hydrogen) atoms. The van der Waals surface area contributed by atoms with E-state index in [0.29, 0.717) is 31.8 Å². The van der Waals surface area contributed by atoms with E-state index in [0.717, 1.165) is 25.9 Å². The number of hydrogen-bond donors (Lipinski definition) is 0. The van der Waals surface area contributed by atoms with Crippen LogP contribution in [0.25, 0.3) is 22.8 Å². The molecule has 7 nitrogen and oxygen atoms in total. The SMILES string of the molecule is Clc1nc(I)nc2c1nc(-c1ncccn1)n2C1CCCCO1. The molecule has 0 amide bonds. The van der Waals surface area contributed by atoms with Crippen molar-refractivity contribution < 1.29 is 4.74 Å². The predicted molar refractivity (Wildman–Crippen MR) is 92.9 cm³/mol. The molecule has 0 N–H and O–H groups in total. The molecule has 4 rings (SSSR count). The number of hydrogen-bond acceptors (Lipinski definition) is 6. The average molecular weight is 443 g/mol. The summed E-state index contributed by atoms with van der Waals surface area (Å²) in [6, 6.07) is 1.77. The maximum atomic E-state index is 6.26. The third kappa shape index (κ3) is 2.79. The van der Waals surface area contributed by atoms with Gasteiger partial charge in [0.05, 0.1) is 0 Å². The van der Waals surface area contributed by atoms with Crippen molar-refractivity contribution in [2.75, 3.05) is 6.61 Å². The first kappa shape index (κ1) is 15.2. The van der Waals surface area contributed by atoms with Gasteiger partial charge in [-0.1, -0.05) is 11.6 Å². The standard InChI is InChI=1S/C14H12ClIN6O/c15-10-9-12(21-14(16)20-10)22(8-4-1-2-7-23-8)13(19-9)11-17-5-3-6-18-11/h3,5-6,8H,1-2,4,7H2. The normalized spacial score (nSPS) is 18.4. The Labute approximate surface area is 150 Å². The lowest BCUT2D eigenvalue weighted by atomic mass is 10.2. The zero-order chi connectivity index (χ0) is 15.8. The summed E-state index contributed by atoms with van der Waals surface area (Å²) in [5.41, 5.74) is 1.20. The van der Waals surface area contributed by atoms with Gasteiger partial charge in [0.1, 0.15) is 11.7 Å². The van der Waals surface area contributed by atoms with Crippen LogP contribution in [0.5, 0.6) is 0 Å². The first-order chi connectivity index (χ1) is 11.2. The summed E-state index contributed by atoms with van der Waals surface area (Å²) in [4.78, 5) is 21.9. The summed E-state index contributed by atoms with van der Waals surface area (Å²) in [5, 5.41) is 0.325. The number of imidazole rings is 1. The predicted octanol–water partition coefficient (Wildman–Crippen LogP) is 3.24. The minimum Gasteiger partial charge on any atom is -0.358 e. The maximum Gasteiger partial charge on any atom is 0.196 e. The van der Waals surface area contributed by atoms with E-state index in [4.69, 9.17) is 16.3 Å². The second-order valence-electron chi connectivity index (χ2n) is 5.15. The largest absolute Gasteiger partial charge is 0.358 e. The van der Waals surface area contributed by atoms with Crippen LogP contribution in [0.2, 0.25) is 5.15 Å². The molecule has 1 fully saturated rings. The van der Waals surface area contributed by atoms with Gasteiger partial charge >= 0.3 is 0 Å².